The van der Waals surface area contributed by atoms with Gasteiger partial charge in [-0.3, -0.25) is 14.3 Å². The summed E-state index contributed by atoms with van der Waals surface area (Å²) in [6.07, 6.45) is -2.80. The van der Waals surface area contributed by atoms with Gasteiger partial charge >= 0.3 is 5.97 Å². The van der Waals surface area contributed by atoms with Crippen molar-refractivity contribution in [2.45, 2.75) is 31.0 Å². The fourth-order valence-electron chi connectivity index (χ4n) is 3.57. The minimum Gasteiger partial charge on any atom is -0.482 e. The van der Waals surface area contributed by atoms with Crippen molar-refractivity contribution in [3.63, 3.8) is 0 Å². The number of nitrogen functional groups attached to an aromatic ring is 1. The van der Waals surface area contributed by atoms with Crippen molar-refractivity contribution in [3.05, 3.63) is 47.0 Å². The van der Waals surface area contributed by atoms with E-state index in [-0.39, 0.29) is 50.1 Å². The lowest BCUT2D eigenvalue weighted by Crippen LogP contribution is -2.37. The van der Waals surface area contributed by atoms with Gasteiger partial charge in [0.2, 0.25) is 5.95 Å². The number of aliphatic hydroxyl groups excluding tert-OH is 1. The first-order valence-corrected chi connectivity index (χ1v) is 10.9. The Morgan fingerprint density at radius 3 is 2.92 bits per heavy atom. The molecule has 3 aromatic rings. The summed E-state index contributed by atoms with van der Waals surface area (Å²) in [5, 5.41) is 19.5. The van der Waals surface area contributed by atoms with Gasteiger partial charge in [-0.05, 0) is 12.1 Å². The molecule has 0 radical (unpaired) electrons. The maximum Gasteiger partial charge on any atom is 0.344 e. The molecule has 0 aliphatic carbocycles. The van der Waals surface area contributed by atoms with Crippen molar-refractivity contribution < 1.29 is 33.6 Å². The second kappa shape index (κ2) is 11.6. The molecule has 4 atom stereocenters. The fourth-order valence-corrected chi connectivity index (χ4v) is 3.57. The van der Waals surface area contributed by atoms with E-state index in [0.717, 1.165) is 0 Å². The van der Waals surface area contributed by atoms with Crippen molar-refractivity contribution in [2.75, 3.05) is 32.3 Å². The summed E-state index contributed by atoms with van der Waals surface area (Å²) < 4.78 is 28.9. The van der Waals surface area contributed by atoms with Gasteiger partial charge in [0, 0.05) is 0 Å². The number of hydrogen-bond donors (Lipinski definition) is 3. The number of para-hydroxylation sites is 1. The Morgan fingerprint density at radius 2 is 2.14 bits per heavy atom. The molecule has 1 fully saturated rings. The molecule has 0 spiro atoms. The summed E-state index contributed by atoms with van der Waals surface area (Å²) >= 11 is 0. The van der Waals surface area contributed by atoms with E-state index in [1.165, 1.54) is 10.9 Å². The zero-order valence-corrected chi connectivity index (χ0v) is 19.0. The van der Waals surface area contributed by atoms with Crippen LogP contribution >= 0.6 is 0 Å². The Hall–Kier alpha value is -4.03. The van der Waals surface area contributed by atoms with Crippen molar-refractivity contribution in [1.29, 1.82) is 5.26 Å². The highest BCUT2D eigenvalue weighted by Crippen LogP contribution is 2.33. The molecule has 190 valence electrons. The zero-order chi connectivity index (χ0) is 25.5. The number of benzene rings is 1. The largest absolute Gasteiger partial charge is 0.482 e. The van der Waals surface area contributed by atoms with E-state index in [0.29, 0.717) is 5.75 Å². The second-order valence-corrected chi connectivity index (χ2v) is 7.68. The first-order valence-electron chi connectivity index (χ1n) is 10.9. The van der Waals surface area contributed by atoms with E-state index in [1.54, 1.807) is 24.3 Å². The van der Waals surface area contributed by atoms with Gasteiger partial charge in [-0.25, -0.2) is 9.78 Å². The number of H-pyrrole nitrogens is 1. The summed E-state index contributed by atoms with van der Waals surface area (Å²) in [7, 11) is 0. The average Bonchev–Trinajstić information content (AvgIpc) is 3.43. The van der Waals surface area contributed by atoms with E-state index >= 15 is 0 Å². The number of aromatic amines is 1. The van der Waals surface area contributed by atoms with Crippen LogP contribution in [0.4, 0.5) is 5.95 Å². The highest BCUT2D eigenvalue weighted by atomic mass is 16.7. The SMILES string of the molecule is N#CCCOCO[C@@H]1[C@H](O)[C@@H](COC(=O)COc2ccccc2)O[C@H]1n1cnc2c(=O)[nH]c(N)nc21. The molecule has 36 heavy (non-hydrogen) atoms. The number of aromatic nitrogens is 4. The van der Waals surface area contributed by atoms with E-state index in [4.69, 9.17) is 34.7 Å². The minimum absolute atomic E-state index is 0.0132. The molecule has 14 nitrogen and oxygen atoms in total. The molecule has 3 heterocycles. The first-order chi connectivity index (χ1) is 17.5. The van der Waals surface area contributed by atoms with Crippen LogP contribution in [-0.2, 0) is 23.7 Å². The Labute approximate surface area is 204 Å². The molecule has 1 aliphatic rings. The summed E-state index contributed by atoms with van der Waals surface area (Å²) in [6.45, 7) is -0.744. The van der Waals surface area contributed by atoms with Crippen LogP contribution in [0.1, 0.15) is 12.6 Å². The summed E-state index contributed by atoms with van der Waals surface area (Å²) in [6, 6.07) is 10.7. The lowest BCUT2D eigenvalue weighted by Gasteiger charge is -2.21. The van der Waals surface area contributed by atoms with Gasteiger partial charge < -0.3 is 34.5 Å². The van der Waals surface area contributed by atoms with Gasteiger partial charge in [-0.2, -0.15) is 10.2 Å². The topological polar surface area (TPSA) is 197 Å². The number of fused-ring (bicyclic) bond motifs is 1. The maximum atomic E-state index is 12.2. The highest BCUT2D eigenvalue weighted by molar-refractivity contribution is 5.71. The molecule has 4 rings (SSSR count). The molecule has 0 bridgehead atoms. The van der Waals surface area contributed by atoms with Gasteiger partial charge in [0.25, 0.3) is 5.56 Å². The smallest absolute Gasteiger partial charge is 0.344 e. The van der Waals surface area contributed by atoms with Crippen LogP contribution in [0.15, 0.2) is 41.5 Å². The first kappa shape index (κ1) is 25.1. The lowest BCUT2D eigenvalue weighted by atomic mass is 10.1. The molecule has 4 N–H and O–H groups in total. The van der Waals surface area contributed by atoms with E-state index < -0.39 is 36.1 Å². The van der Waals surface area contributed by atoms with Crippen LogP contribution in [0.3, 0.4) is 0 Å². The molecule has 1 aromatic carbocycles. The summed E-state index contributed by atoms with van der Waals surface area (Å²) in [4.78, 5) is 34.8. The lowest BCUT2D eigenvalue weighted by molar-refractivity contribution is -0.152. The molecule has 2 aromatic heterocycles. The van der Waals surface area contributed by atoms with Crippen molar-refractivity contribution in [1.82, 2.24) is 19.5 Å². The third-order valence-corrected chi connectivity index (χ3v) is 5.25. The van der Waals surface area contributed by atoms with Gasteiger partial charge in [-0.1, -0.05) is 18.2 Å². The third-order valence-electron chi connectivity index (χ3n) is 5.25. The number of carbonyl (C=O) groups excluding carboxylic acids is 1. The van der Waals surface area contributed by atoms with Crippen LogP contribution in [-0.4, -0.2) is 75.5 Å². The molecule has 0 unspecified atom stereocenters. The molecule has 0 saturated carbocycles. The highest BCUT2D eigenvalue weighted by Gasteiger charge is 2.47. The number of imidazole rings is 1. The van der Waals surface area contributed by atoms with E-state index in [1.807, 2.05) is 12.1 Å². The normalized spacial score (nSPS) is 21.3. The minimum atomic E-state index is -1.26. The number of carbonyl (C=O) groups is 1. The summed E-state index contributed by atoms with van der Waals surface area (Å²) in [5.74, 6) is -0.288. The predicted octanol–water partition coefficient (Wildman–Crippen LogP) is -0.145. The van der Waals surface area contributed by atoms with Gasteiger partial charge in [0.05, 0.1) is 25.4 Å². The molecule has 14 heteroatoms. The van der Waals surface area contributed by atoms with Gasteiger partial charge in [0.15, 0.2) is 24.0 Å². The average molecular weight is 500 g/mol. The Kier molecular flexibility index (Phi) is 8.08. The molecular weight excluding hydrogens is 476 g/mol. The van der Waals surface area contributed by atoms with Crippen LogP contribution < -0.4 is 16.0 Å². The number of nitrogens with two attached hydrogens (primary N) is 1. The summed E-state index contributed by atoms with van der Waals surface area (Å²) in [5.41, 5.74) is 5.25. The number of nitriles is 1. The van der Waals surface area contributed by atoms with Crippen LogP contribution in [0.25, 0.3) is 11.2 Å². The number of nitrogens with zero attached hydrogens (tertiary/aromatic N) is 4. The van der Waals surface area contributed by atoms with Crippen molar-refractivity contribution in [3.8, 4) is 11.8 Å². The third kappa shape index (κ3) is 5.78. The number of aliphatic hydroxyl groups is 1. The zero-order valence-electron chi connectivity index (χ0n) is 19.0. The predicted molar refractivity (Wildman–Crippen MR) is 121 cm³/mol. The Balaban J connectivity index is 1.45. The number of ether oxygens (including phenoxy) is 5. The molecule has 1 aliphatic heterocycles. The van der Waals surface area contributed by atoms with Crippen molar-refractivity contribution >= 4 is 23.1 Å². The van der Waals surface area contributed by atoms with Crippen LogP contribution in [0.2, 0.25) is 0 Å². The van der Waals surface area contributed by atoms with E-state index in [9.17, 15) is 14.7 Å². The fraction of sp³-hybridized carbons (Fsp3) is 0.409. The number of rotatable bonds is 11. The van der Waals surface area contributed by atoms with E-state index in [2.05, 4.69) is 15.0 Å². The standard InChI is InChI=1S/C22H24N6O8/c23-7-4-8-32-12-35-18-17(30)14(9-34-15(29)10-33-13-5-2-1-3-6-13)36-21(18)28-11-25-16-19(28)26-22(24)27-20(16)31/h1-3,5-6,11,14,17-18,21,30H,4,8-10,12H2,(H3,24,26,27,31)/t14-,17-,18-,21-/m1/s1. The maximum absolute atomic E-state index is 12.2. The number of esters is 1. The quantitative estimate of drug-likeness (QED) is 0.179. The van der Waals surface area contributed by atoms with Crippen molar-refractivity contribution in [2.24, 2.45) is 0 Å². The number of hydrogen-bond acceptors (Lipinski definition) is 12. The monoisotopic (exact) mass is 500 g/mol. The van der Waals surface area contributed by atoms with Gasteiger partial charge in [0.1, 0.15) is 37.5 Å². The second-order valence-electron chi connectivity index (χ2n) is 7.68. The molecule has 0 amide bonds. The Morgan fingerprint density at radius 1 is 1.33 bits per heavy atom. The number of nitrogens with one attached hydrogen (secondary N) is 1. The molecular formula is C22H24N6O8. The van der Waals surface area contributed by atoms with Crippen LogP contribution in [0.5, 0.6) is 5.75 Å². The Bertz CT molecular complexity index is 1270. The molecule has 1 saturated heterocycles. The van der Waals surface area contributed by atoms with Crippen LogP contribution in [0, 0.1) is 11.3 Å². The number of anilines is 1. The van der Waals surface area contributed by atoms with Gasteiger partial charge in [-0.15, -0.1) is 0 Å².